The van der Waals surface area contributed by atoms with Crippen LogP contribution in [0.5, 0.6) is 0 Å². The Kier molecular flexibility index (Phi) is 42.5. The molecule has 0 fully saturated rings. The first-order valence-corrected chi connectivity index (χ1v) is 23.3. The van der Waals surface area contributed by atoms with Gasteiger partial charge in [0.2, 0.25) is 0 Å². The summed E-state index contributed by atoms with van der Waals surface area (Å²) in [6, 6.07) is 0. The number of carbonyl (C=O) groups is 3. The fraction of sp³-hybridized carbons (Fsp3) is 0.740. The highest BCUT2D eigenvalue weighted by Crippen LogP contribution is 2.12. The Hall–Kier alpha value is -2.89. The van der Waals surface area contributed by atoms with Crippen molar-refractivity contribution in [1.82, 2.24) is 0 Å². The molecule has 0 saturated heterocycles. The molecule has 0 aliphatic heterocycles. The first-order chi connectivity index (χ1) is 27.5. The highest BCUT2D eigenvalue weighted by Gasteiger charge is 2.19. The van der Waals surface area contributed by atoms with Crippen molar-refractivity contribution in [2.45, 2.75) is 226 Å². The van der Waals surface area contributed by atoms with Crippen molar-refractivity contribution in [1.29, 1.82) is 0 Å². The zero-order valence-corrected chi connectivity index (χ0v) is 36.6. The third-order valence-electron chi connectivity index (χ3n) is 9.74. The minimum Gasteiger partial charge on any atom is -0.462 e. The lowest BCUT2D eigenvalue weighted by Crippen LogP contribution is -2.30. The van der Waals surface area contributed by atoms with Gasteiger partial charge in [0.1, 0.15) is 13.2 Å². The summed E-state index contributed by atoms with van der Waals surface area (Å²) >= 11 is 0. The smallest absolute Gasteiger partial charge is 0.306 e. The van der Waals surface area contributed by atoms with Crippen molar-refractivity contribution in [2.24, 2.45) is 0 Å². The summed E-state index contributed by atoms with van der Waals surface area (Å²) in [5.41, 5.74) is 0. The summed E-state index contributed by atoms with van der Waals surface area (Å²) in [6.45, 7) is 6.47. The maximum Gasteiger partial charge on any atom is 0.306 e. The zero-order valence-electron chi connectivity index (χ0n) is 36.6. The van der Waals surface area contributed by atoms with Gasteiger partial charge in [-0.05, 0) is 83.5 Å². The van der Waals surface area contributed by atoms with Gasteiger partial charge in [0.05, 0.1) is 0 Å². The van der Waals surface area contributed by atoms with E-state index in [-0.39, 0.29) is 38.0 Å². The molecule has 0 aliphatic rings. The molecular weight excluding hydrogens is 697 g/mol. The highest BCUT2D eigenvalue weighted by atomic mass is 16.6. The summed E-state index contributed by atoms with van der Waals surface area (Å²) in [6.07, 6.45) is 53.7. The van der Waals surface area contributed by atoms with Crippen LogP contribution >= 0.6 is 0 Å². The van der Waals surface area contributed by atoms with Gasteiger partial charge in [0.15, 0.2) is 6.10 Å². The second-order valence-corrected chi connectivity index (χ2v) is 15.3. The number of carbonyl (C=O) groups excluding carboxylic acids is 3. The van der Waals surface area contributed by atoms with Crippen molar-refractivity contribution in [3.63, 3.8) is 0 Å². The Labute approximate surface area is 345 Å². The molecule has 0 bridgehead atoms. The molecule has 6 heteroatoms. The Morgan fingerprint density at radius 1 is 0.357 bits per heavy atom. The SMILES string of the molecule is CCCCC/C=C\CCCCCCCC(=O)OCC(COC(=O)CC/C=C\C/C=C\CCCCCCCC)OC(=O)CC/C=C\C/C=C\CCCCCCCC. The molecule has 0 rings (SSSR count). The molecule has 56 heavy (non-hydrogen) atoms. The standard InChI is InChI=1S/C50H86O6/c1-4-7-10-13-16-19-22-25-28-31-34-37-40-43-49(52)55-46-47(45-54-48(51)42-39-36-33-30-27-24-21-18-15-12-9-6-3)56-50(53)44-41-38-35-32-29-26-23-20-17-14-11-8-5-2/h18,21,25-26,28-29,34-35,37-38,47H,4-17,19-20,22-24,27,30-33,36,39-46H2,1-3H3/b21-18-,28-25-,29-26-,37-34-,38-35-. The van der Waals surface area contributed by atoms with E-state index in [1.807, 2.05) is 12.2 Å². The fourth-order valence-corrected chi connectivity index (χ4v) is 6.19. The summed E-state index contributed by atoms with van der Waals surface area (Å²) in [7, 11) is 0. The van der Waals surface area contributed by atoms with E-state index in [0.29, 0.717) is 19.3 Å². The molecule has 0 aromatic heterocycles. The molecule has 322 valence electrons. The van der Waals surface area contributed by atoms with Crippen LogP contribution in [-0.2, 0) is 28.6 Å². The van der Waals surface area contributed by atoms with Crippen molar-refractivity contribution < 1.29 is 28.6 Å². The summed E-state index contributed by atoms with van der Waals surface area (Å²) < 4.78 is 16.6. The van der Waals surface area contributed by atoms with Crippen LogP contribution in [0.15, 0.2) is 60.8 Å². The van der Waals surface area contributed by atoms with Crippen LogP contribution in [-0.4, -0.2) is 37.2 Å². The van der Waals surface area contributed by atoms with Crippen molar-refractivity contribution >= 4 is 17.9 Å². The molecule has 0 aromatic rings. The Balaban J connectivity index is 4.54. The first-order valence-electron chi connectivity index (χ1n) is 23.3. The number of rotatable bonds is 41. The van der Waals surface area contributed by atoms with Crippen LogP contribution in [0, 0.1) is 0 Å². The lowest BCUT2D eigenvalue weighted by Gasteiger charge is -2.18. The second-order valence-electron chi connectivity index (χ2n) is 15.3. The molecule has 0 radical (unpaired) electrons. The van der Waals surface area contributed by atoms with Gasteiger partial charge in [-0.1, -0.05) is 178 Å². The fourth-order valence-electron chi connectivity index (χ4n) is 6.19. The van der Waals surface area contributed by atoms with Gasteiger partial charge in [0.25, 0.3) is 0 Å². The van der Waals surface area contributed by atoms with E-state index in [1.54, 1.807) is 0 Å². The van der Waals surface area contributed by atoms with E-state index in [2.05, 4.69) is 69.4 Å². The van der Waals surface area contributed by atoms with Gasteiger partial charge in [0, 0.05) is 19.3 Å². The van der Waals surface area contributed by atoms with Crippen LogP contribution in [0.25, 0.3) is 0 Å². The quantitative estimate of drug-likeness (QED) is 0.0266. The Morgan fingerprint density at radius 2 is 0.679 bits per heavy atom. The number of unbranched alkanes of at least 4 members (excludes halogenated alkanes) is 20. The second kappa shape index (κ2) is 44.8. The molecule has 6 nitrogen and oxygen atoms in total. The van der Waals surface area contributed by atoms with Crippen LogP contribution in [0.4, 0.5) is 0 Å². The van der Waals surface area contributed by atoms with Gasteiger partial charge >= 0.3 is 17.9 Å². The van der Waals surface area contributed by atoms with E-state index >= 15 is 0 Å². The van der Waals surface area contributed by atoms with Crippen molar-refractivity contribution in [2.75, 3.05) is 13.2 Å². The minimum atomic E-state index is -0.827. The van der Waals surface area contributed by atoms with Crippen LogP contribution < -0.4 is 0 Å². The highest BCUT2D eigenvalue weighted by molar-refractivity contribution is 5.71. The number of allylic oxidation sites excluding steroid dienone is 10. The lowest BCUT2D eigenvalue weighted by atomic mass is 10.1. The van der Waals surface area contributed by atoms with Gasteiger partial charge in [-0.2, -0.15) is 0 Å². The Morgan fingerprint density at radius 3 is 1.14 bits per heavy atom. The largest absolute Gasteiger partial charge is 0.462 e. The van der Waals surface area contributed by atoms with Crippen molar-refractivity contribution in [3.8, 4) is 0 Å². The molecule has 1 atom stereocenters. The monoisotopic (exact) mass is 783 g/mol. The minimum absolute atomic E-state index is 0.118. The predicted octanol–water partition coefficient (Wildman–Crippen LogP) is 14.9. The van der Waals surface area contributed by atoms with Crippen molar-refractivity contribution in [3.05, 3.63) is 60.8 Å². The summed E-state index contributed by atoms with van der Waals surface area (Å²) in [5.74, 6) is -1.07. The van der Waals surface area contributed by atoms with Gasteiger partial charge in [-0.25, -0.2) is 0 Å². The lowest BCUT2D eigenvalue weighted by molar-refractivity contribution is -0.166. The van der Waals surface area contributed by atoms with Crippen LogP contribution in [0.3, 0.4) is 0 Å². The van der Waals surface area contributed by atoms with E-state index < -0.39 is 12.1 Å². The molecule has 0 saturated carbocycles. The Bertz CT molecular complexity index is 1040. The van der Waals surface area contributed by atoms with Gasteiger partial charge in [-0.15, -0.1) is 0 Å². The molecule has 0 heterocycles. The average Bonchev–Trinajstić information content (AvgIpc) is 3.19. The first kappa shape index (κ1) is 53.1. The summed E-state index contributed by atoms with van der Waals surface area (Å²) in [5, 5.41) is 0. The molecule has 1 unspecified atom stereocenters. The number of esters is 3. The van der Waals surface area contributed by atoms with E-state index in [9.17, 15) is 14.4 Å². The normalized spacial score (nSPS) is 12.6. The molecule has 0 amide bonds. The maximum absolute atomic E-state index is 12.7. The molecule has 0 aliphatic carbocycles. The number of ether oxygens (including phenoxy) is 3. The van der Waals surface area contributed by atoms with E-state index in [0.717, 1.165) is 57.8 Å². The van der Waals surface area contributed by atoms with Crippen LogP contribution in [0.1, 0.15) is 220 Å². The number of hydrogen-bond acceptors (Lipinski definition) is 6. The van der Waals surface area contributed by atoms with Gasteiger partial charge in [-0.3, -0.25) is 14.4 Å². The van der Waals surface area contributed by atoms with Gasteiger partial charge < -0.3 is 14.2 Å². The molecule has 0 aromatic carbocycles. The predicted molar refractivity (Wildman–Crippen MR) is 238 cm³/mol. The van der Waals surface area contributed by atoms with E-state index in [4.69, 9.17) is 14.2 Å². The third-order valence-corrected chi connectivity index (χ3v) is 9.74. The van der Waals surface area contributed by atoms with Crippen LogP contribution in [0.2, 0.25) is 0 Å². The molecular formula is C50H86O6. The molecule has 0 N–H and O–H groups in total. The average molecular weight is 783 g/mol. The zero-order chi connectivity index (χ0) is 40.8. The maximum atomic E-state index is 12.7. The number of hydrogen-bond donors (Lipinski definition) is 0. The van der Waals surface area contributed by atoms with E-state index in [1.165, 1.54) is 109 Å². The molecule has 0 spiro atoms. The summed E-state index contributed by atoms with van der Waals surface area (Å²) in [4.78, 5) is 37.7. The topological polar surface area (TPSA) is 78.9 Å². The third kappa shape index (κ3) is 42.3.